The molecule has 0 bridgehead atoms. The lowest BCUT2D eigenvalue weighted by molar-refractivity contribution is 0.273. The van der Waals surface area contributed by atoms with Gasteiger partial charge < -0.3 is 14.8 Å². The second-order valence-electron chi connectivity index (χ2n) is 5.41. The number of anilines is 1. The highest BCUT2D eigenvalue weighted by Crippen LogP contribution is 2.26. The normalized spacial score (nSPS) is 12.2. The highest BCUT2D eigenvalue weighted by Gasteiger charge is 2.19. The van der Waals surface area contributed by atoms with E-state index in [-0.39, 0.29) is 23.0 Å². The Morgan fingerprint density at radius 1 is 1.35 bits per heavy atom. The number of benzene rings is 1. The summed E-state index contributed by atoms with van der Waals surface area (Å²) in [5.74, 6) is -1.16. The minimum absolute atomic E-state index is 0.124. The van der Waals surface area contributed by atoms with Gasteiger partial charge in [-0.2, -0.15) is 9.78 Å². The van der Waals surface area contributed by atoms with Crippen LogP contribution in [0, 0.1) is 11.6 Å². The molecule has 1 aromatic carbocycles. The van der Waals surface area contributed by atoms with Gasteiger partial charge >= 0.3 is 0 Å². The highest BCUT2D eigenvalue weighted by atomic mass is 35.5. The molecule has 9 heteroatoms. The number of hydrogen-bond donors (Lipinski definition) is 2. The second-order valence-corrected chi connectivity index (χ2v) is 5.79. The third kappa shape index (κ3) is 3.61. The zero-order chi connectivity index (χ0) is 18.7. The van der Waals surface area contributed by atoms with Crippen LogP contribution in [-0.2, 0) is 0 Å². The molecule has 0 saturated heterocycles. The summed E-state index contributed by atoms with van der Waals surface area (Å²) < 4.78 is 33.0. The van der Waals surface area contributed by atoms with E-state index in [2.05, 4.69) is 10.4 Å². The molecular weight excluding hydrogens is 368 g/mol. The zero-order valence-corrected chi connectivity index (χ0v) is 14.1. The Morgan fingerprint density at radius 2 is 2.15 bits per heavy atom. The van der Waals surface area contributed by atoms with Crippen molar-refractivity contribution in [2.24, 2.45) is 0 Å². The highest BCUT2D eigenvalue weighted by molar-refractivity contribution is 6.32. The number of nitrogens with zero attached hydrogens (tertiary/aromatic N) is 2. The first-order valence-corrected chi connectivity index (χ1v) is 8.03. The van der Waals surface area contributed by atoms with E-state index in [1.165, 1.54) is 12.5 Å². The van der Waals surface area contributed by atoms with Crippen LogP contribution in [0.2, 0.25) is 5.02 Å². The van der Waals surface area contributed by atoms with Crippen molar-refractivity contribution in [3.8, 4) is 5.69 Å². The monoisotopic (exact) mass is 381 g/mol. The SMILES string of the molecule is O=c1c(Cl)c(NC(CCO)c2ccco2)cnn1-c1ccc(F)cc1F. The van der Waals surface area contributed by atoms with Gasteiger partial charge in [0.15, 0.2) is 5.82 Å². The van der Waals surface area contributed by atoms with Gasteiger partial charge in [-0.05, 0) is 30.7 Å². The van der Waals surface area contributed by atoms with Crippen LogP contribution in [0.25, 0.3) is 5.69 Å². The predicted molar refractivity (Wildman–Crippen MR) is 91.5 cm³/mol. The first kappa shape index (κ1) is 18.1. The third-order valence-corrected chi connectivity index (χ3v) is 4.06. The summed E-state index contributed by atoms with van der Waals surface area (Å²) >= 11 is 6.11. The van der Waals surface area contributed by atoms with E-state index >= 15 is 0 Å². The molecule has 0 radical (unpaired) electrons. The van der Waals surface area contributed by atoms with E-state index in [1.807, 2.05) is 0 Å². The molecule has 0 spiro atoms. The van der Waals surface area contributed by atoms with E-state index < -0.39 is 23.2 Å². The molecule has 1 atom stereocenters. The van der Waals surface area contributed by atoms with Crippen molar-refractivity contribution in [2.75, 3.05) is 11.9 Å². The Labute approximate surface area is 151 Å². The molecule has 0 aliphatic carbocycles. The lowest BCUT2D eigenvalue weighted by atomic mass is 10.1. The fourth-order valence-electron chi connectivity index (χ4n) is 2.45. The van der Waals surface area contributed by atoms with Crippen LogP contribution in [0.5, 0.6) is 0 Å². The quantitative estimate of drug-likeness (QED) is 0.685. The molecule has 26 heavy (non-hydrogen) atoms. The van der Waals surface area contributed by atoms with Gasteiger partial charge in [-0.3, -0.25) is 4.79 Å². The van der Waals surface area contributed by atoms with Gasteiger partial charge in [0.05, 0.1) is 24.2 Å². The van der Waals surface area contributed by atoms with Crippen LogP contribution in [-0.4, -0.2) is 21.5 Å². The number of halogens is 3. The van der Waals surface area contributed by atoms with Crippen molar-refractivity contribution in [3.63, 3.8) is 0 Å². The Bertz CT molecular complexity index is 960. The van der Waals surface area contributed by atoms with E-state index in [4.69, 9.17) is 16.0 Å². The number of aliphatic hydroxyl groups is 1. The largest absolute Gasteiger partial charge is 0.467 e. The average molecular weight is 382 g/mol. The summed E-state index contributed by atoms with van der Waals surface area (Å²) in [5, 5.41) is 15.9. The van der Waals surface area contributed by atoms with Crippen molar-refractivity contribution in [2.45, 2.75) is 12.5 Å². The van der Waals surface area contributed by atoms with E-state index in [1.54, 1.807) is 12.1 Å². The van der Waals surface area contributed by atoms with E-state index in [9.17, 15) is 18.7 Å². The van der Waals surface area contributed by atoms with Gasteiger partial charge in [-0.1, -0.05) is 11.6 Å². The molecule has 2 N–H and O–H groups in total. The molecule has 2 heterocycles. The molecule has 2 aromatic heterocycles. The Kier molecular flexibility index (Phi) is 5.34. The van der Waals surface area contributed by atoms with E-state index in [0.717, 1.165) is 16.8 Å². The molecule has 0 saturated carbocycles. The first-order valence-electron chi connectivity index (χ1n) is 7.65. The molecule has 136 valence electrons. The van der Waals surface area contributed by atoms with Gasteiger partial charge in [-0.15, -0.1) is 0 Å². The molecule has 0 aliphatic rings. The second kappa shape index (κ2) is 7.67. The Morgan fingerprint density at radius 3 is 2.81 bits per heavy atom. The molecule has 3 aromatic rings. The zero-order valence-electron chi connectivity index (χ0n) is 13.3. The van der Waals surface area contributed by atoms with Crippen LogP contribution < -0.4 is 10.9 Å². The molecule has 1 unspecified atom stereocenters. The topological polar surface area (TPSA) is 80.3 Å². The van der Waals surface area contributed by atoms with Crippen molar-refractivity contribution in [1.29, 1.82) is 0 Å². The van der Waals surface area contributed by atoms with Crippen molar-refractivity contribution in [1.82, 2.24) is 9.78 Å². The predicted octanol–water partition coefficient (Wildman–Crippen LogP) is 3.29. The number of aromatic nitrogens is 2. The molecular formula is C17H14ClF2N3O3. The standard InChI is InChI=1S/C17H14ClF2N3O3/c18-16-13(22-12(5-6-24)15-2-1-7-26-15)9-21-23(17(16)25)14-4-3-10(19)8-11(14)20/h1-4,7-9,12,22,24H,5-6H2. The van der Waals surface area contributed by atoms with Gasteiger partial charge in [-0.25, -0.2) is 8.78 Å². The summed E-state index contributed by atoms with van der Waals surface area (Å²) in [6, 6.07) is 5.73. The maximum absolute atomic E-state index is 13.9. The number of aliphatic hydroxyl groups excluding tert-OH is 1. The molecule has 0 aliphatic heterocycles. The third-order valence-electron chi connectivity index (χ3n) is 3.69. The van der Waals surface area contributed by atoms with E-state index in [0.29, 0.717) is 18.2 Å². The Balaban J connectivity index is 1.96. The summed E-state index contributed by atoms with van der Waals surface area (Å²) in [7, 11) is 0. The smallest absolute Gasteiger partial charge is 0.292 e. The molecule has 3 rings (SSSR count). The lowest BCUT2D eigenvalue weighted by Gasteiger charge is -2.18. The maximum Gasteiger partial charge on any atom is 0.292 e. The summed E-state index contributed by atoms with van der Waals surface area (Å²) in [5.41, 5.74) is -0.794. The molecule has 6 nitrogen and oxygen atoms in total. The van der Waals surface area contributed by atoms with Gasteiger partial charge in [0.2, 0.25) is 0 Å². The van der Waals surface area contributed by atoms with Crippen LogP contribution >= 0.6 is 11.6 Å². The van der Waals surface area contributed by atoms with Gasteiger partial charge in [0.1, 0.15) is 22.3 Å². The Hall–Kier alpha value is -2.71. The lowest BCUT2D eigenvalue weighted by Crippen LogP contribution is -2.24. The van der Waals surface area contributed by atoms with Gasteiger partial charge in [0.25, 0.3) is 5.56 Å². The van der Waals surface area contributed by atoms with Crippen molar-refractivity contribution in [3.05, 3.63) is 75.6 Å². The first-order chi connectivity index (χ1) is 12.5. The fourth-order valence-corrected chi connectivity index (χ4v) is 2.63. The van der Waals surface area contributed by atoms with Gasteiger partial charge in [0, 0.05) is 12.7 Å². The maximum atomic E-state index is 13.9. The van der Waals surface area contributed by atoms with Crippen molar-refractivity contribution >= 4 is 17.3 Å². The number of hydrogen-bond acceptors (Lipinski definition) is 5. The number of nitrogens with one attached hydrogen (secondary N) is 1. The number of furan rings is 1. The van der Waals surface area contributed by atoms with Crippen molar-refractivity contribution < 1.29 is 18.3 Å². The number of rotatable bonds is 6. The molecule has 0 amide bonds. The average Bonchev–Trinajstić information content (AvgIpc) is 3.14. The summed E-state index contributed by atoms with van der Waals surface area (Å²) in [4.78, 5) is 12.4. The summed E-state index contributed by atoms with van der Waals surface area (Å²) in [6.45, 7) is -0.124. The van der Waals surface area contributed by atoms with Crippen LogP contribution in [0.4, 0.5) is 14.5 Å². The minimum Gasteiger partial charge on any atom is -0.467 e. The fraction of sp³-hybridized carbons (Fsp3) is 0.176. The molecule has 0 fully saturated rings. The van der Waals surface area contributed by atoms with Crippen LogP contribution in [0.1, 0.15) is 18.2 Å². The minimum atomic E-state index is -0.940. The van der Waals surface area contributed by atoms with Crippen LogP contribution in [0.15, 0.2) is 52.0 Å². The van der Waals surface area contributed by atoms with Crippen LogP contribution in [0.3, 0.4) is 0 Å². The summed E-state index contributed by atoms with van der Waals surface area (Å²) in [6.07, 6.45) is 3.04.